The zero-order valence-corrected chi connectivity index (χ0v) is 8.43. The smallest absolute Gasteiger partial charge is 0.219 e. The normalized spacial score (nSPS) is 10.1. The molecule has 0 saturated heterocycles. The fourth-order valence-electron chi connectivity index (χ4n) is 1.19. The van der Waals surface area contributed by atoms with Gasteiger partial charge in [0.05, 0.1) is 6.61 Å². The van der Waals surface area contributed by atoms with Crippen molar-refractivity contribution in [3.8, 4) is 11.6 Å². The van der Waals surface area contributed by atoms with Gasteiger partial charge in [-0.3, -0.25) is 0 Å². The van der Waals surface area contributed by atoms with Gasteiger partial charge in [-0.25, -0.2) is 9.37 Å². The second-order valence-corrected chi connectivity index (χ2v) is 3.22. The van der Waals surface area contributed by atoms with E-state index in [4.69, 9.17) is 9.84 Å². The number of benzene rings is 1. The Hall–Kier alpha value is -1.94. The van der Waals surface area contributed by atoms with E-state index >= 15 is 0 Å². The van der Waals surface area contributed by atoms with Gasteiger partial charge in [0.1, 0.15) is 11.6 Å². The molecule has 0 radical (unpaired) electrons. The van der Waals surface area contributed by atoms with E-state index in [1.54, 1.807) is 12.1 Å². The fraction of sp³-hybridized carbons (Fsp3) is 0.0833. The van der Waals surface area contributed by atoms with Crippen LogP contribution in [-0.4, -0.2) is 10.1 Å². The quantitative estimate of drug-likeness (QED) is 0.862. The Morgan fingerprint density at radius 2 is 1.88 bits per heavy atom. The van der Waals surface area contributed by atoms with Crippen LogP contribution in [-0.2, 0) is 6.61 Å². The van der Waals surface area contributed by atoms with Gasteiger partial charge in [-0.05, 0) is 35.9 Å². The molecule has 16 heavy (non-hydrogen) atoms. The maximum atomic E-state index is 12.6. The Balaban J connectivity index is 2.11. The first-order valence-electron chi connectivity index (χ1n) is 4.77. The summed E-state index contributed by atoms with van der Waals surface area (Å²) in [4.78, 5) is 3.99. The third kappa shape index (κ3) is 2.55. The van der Waals surface area contributed by atoms with Gasteiger partial charge in [-0.1, -0.05) is 0 Å². The van der Waals surface area contributed by atoms with Crippen molar-refractivity contribution in [3.05, 3.63) is 54.0 Å². The Morgan fingerprint density at radius 3 is 2.44 bits per heavy atom. The molecule has 0 aliphatic heterocycles. The average molecular weight is 219 g/mol. The van der Waals surface area contributed by atoms with Gasteiger partial charge >= 0.3 is 0 Å². The molecular formula is C12H10FNO2. The summed E-state index contributed by atoms with van der Waals surface area (Å²) >= 11 is 0. The van der Waals surface area contributed by atoms with Gasteiger partial charge in [0.25, 0.3) is 0 Å². The first-order chi connectivity index (χ1) is 7.78. The predicted molar refractivity (Wildman–Crippen MR) is 56.6 cm³/mol. The maximum Gasteiger partial charge on any atom is 0.219 e. The van der Waals surface area contributed by atoms with Crippen LogP contribution in [0.1, 0.15) is 5.56 Å². The van der Waals surface area contributed by atoms with Crippen LogP contribution < -0.4 is 4.74 Å². The number of rotatable bonds is 3. The minimum absolute atomic E-state index is 0.0518. The van der Waals surface area contributed by atoms with Gasteiger partial charge in [0, 0.05) is 12.3 Å². The number of aliphatic hydroxyl groups is 1. The highest BCUT2D eigenvalue weighted by molar-refractivity contribution is 5.27. The lowest BCUT2D eigenvalue weighted by Gasteiger charge is -2.04. The summed E-state index contributed by atoms with van der Waals surface area (Å²) in [6, 6.07) is 9.05. The zero-order valence-electron chi connectivity index (χ0n) is 8.43. The van der Waals surface area contributed by atoms with Crippen LogP contribution in [0.4, 0.5) is 4.39 Å². The highest BCUT2D eigenvalue weighted by atomic mass is 19.1. The van der Waals surface area contributed by atoms with Gasteiger partial charge in [0.15, 0.2) is 0 Å². The van der Waals surface area contributed by atoms with E-state index in [0.717, 1.165) is 0 Å². The van der Waals surface area contributed by atoms with Gasteiger partial charge in [-0.2, -0.15) is 0 Å². The number of hydrogen-bond donors (Lipinski definition) is 1. The van der Waals surface area contributed by atoms with Crippen LogP contribution in [0.3, 0.4) is 0 Å². The van der Waals surface area contributed by atoms with Crippen molar-refractivity contribution < 1.29 is 14.2 Å². The summed E-state index contributed by atoms with van der Waals surface area (Å²) in [6.07, 6.45) is 1.53. The van der Waals surface area contributed by atoms with Crippen LogP contribution in [0.2, 0.25) is 0 Å². The molecule has 2 rings (SSSR count). The number of ether oxygens (including phenoxy) is 1. The van der Waals surface area contributed by atoms with Crippen molar-refractivity contribution in [2.45, 2.75) is 6.61 Å². The summed E-state index contributed by atoms with van der Waals surface area (Å²) in [5.41, 5.74) is 0.714. The molecule has 0 bridgehead atoms. The van der Waals surface area contributed by atoms with Crippen LogP contribution in [0.5, 0.6) is 11.6 Å². The Morgan fingerprint density at radius 1 is 1.12 bits per heavy atom. The second-order valence-electron chi connectivity index (χ2n) is 3.22. The number of halogens is 1. The summed E-state index contributed by atoms with van der Waals surface area (Å²) < 4.78 is 18.0. The third-order valence-electron chi connectivity index (χ3n) is 2.02. The lowest BCUT2D eigenvalue weighted by molar-refractivity contribution is 0.281. The molecule has 1 heterocycles. The van der Waals surface area contributed by atoms with E-state index in [9.17, 15) is 4.39 Å². The minimum Gasteiger partial charge on any atom is -0.439 e. The van der Waals surface area contributed by atoms with Crippen molar-refractivity contribution >= 4 is 0 Å². The number of nitrogens with zero attached hydrogens (tertiary/aromatic N) is 1. The molecule has 0 unspecified atom stereocenters. The lowest BCUT2D eigenvalue weighted by Crippen LogP contribution is -1.90. The van der Waals surface area contributed by atoms with E-state index in [1.165, 1.54) is 30.5 Å². The predicted octanol–water partition coefficient (Wildman–Crippen LogP) is 2.51. The van der Waals surface area contributed by atoms with Crippen LogP contribution in [0.15, 0.2) is 42.6 Å². The Kier molecular flexibility index (Phi) is 3.12. The molecule has 4 heteroatoms. The minimum atomic E-state index is -0.309. The summed E-state index contributed by atoms with van der Waals surface area (Å²) in [5, 5.41) is 8.83. The Bertz CT molecular complexity index is 453. The van der Waals surface area contributed by atoms with Crippen LogP contribution in [0, 0.1) is 5.82 Å². The molecule has 0 fully saturated rings. The molecule has 0 saturated carbocycles. The van der Waals surface area contributed by atoms with Crippen LogP contribution >= 0.6 is 0 Å². The van der Waals surface area contributed by atoms with Crippen molar-refractivity contribution in [3.63, 3.8) is 0 Å². The second kappa shape index (κ2) is 4.72. The fourth-order valence-corrected chi connectivity index (χ4v) is 1.19. The van der Waals surface area contributed by atoms with E-state index in [-0.39, 0.29) is 12.4 Å². The van der Waals surface area contributed by atoms with Gasteiger partial charge in [-0.15, -0.1) is 0 Å². The van der Waals surface area contributed by atoms with Gasteiger partial charge < -0.3 is 9.84 Å². The highest BCUT2D eigenvalue weighted by Crippen LogP contribution is 2.19. The molecule has 0 amide bonds. The number of pyridine rings is 1. The first-order valence-corrected chi connectivity index (χ1v) is 4.77. The SMILES string of the molecule is OCc1ccc(Oc2ccc(F)cc2)nc1. The molecule has 0 aliphatic carbocycles. The molecule has 2 aromatic rings. The highest BCUT2D eigenvalue weighted by Gasteiger charge is 1.99. The monoisotopic (exact) mass is 219 g/mol. The largest absolute Gasteiger partial charge is 0.439 e. The summed E-state index contributed by atoms with van der Waals surface area (Å²) in [6.45, 7) is -0.0518. The van der Waals surface area contributed by atoms with Gasteiger partial charge in [0.2, 0.25) is 5.88 Å². The average Bonchev–Trinajstić information content (AvgIpc) is 2.33. The molecule has 1 aromatic heterocycles. The topological polar surface area (TPSA) is 42.4 Å². The van der Waals surface area contributed by atoms with E-state index < -0.39 is 0 Å². The first kappa shape index (κ1) is 10.6. The Labute approximate surface area is 92.1 Å². The molecule has 0 spiro atoms. The molecule has 0 aliphatic rings. The number of aromatic nitrogens is 1. The molecule has 82 valence electrons. The number of aliphatic hydroxyl groups excluding tert-OH is 1. The van der Waals surface area contributed by atoms with Crippen molar-refractivity contribution in [2.75, 3.05) is 0 Å². The van der Waals surface area contributed by atoms with E-state index in [1.807, 2.05) is 0 Å². The van der Waals surface area contributed by atoms with E-state index in [2.05, 4.69) is 4.98 Å². The zero-order chi connectivity index (χ0) is 11.4. The van der Waals surface area contributed by atoms with E-state index in [0.29, 0.717) is 17.2 Å². The standard InChI is InChI=1S/C12H10FNO2/c13-10-2-4-11(5-3-10)16-12-6-1-9(8-15)7-14-12/h1-7,15H,8H2. The molecule has 1 aromatic carbocycles. The van der Waals surface area contributed by atoms with Crippen molar-refractivity contribution in [1.29, 1.82) is 0 Å². The third-order valence-corrected chi connectivity index (χ3v) is 2.02. The summed E-state index contributed by atoms with van der Waals surface area (Å²) in [5.74, 6) is 0.616. The molecular weight excluding hydrogens is 209 g/mol. The summed E-state index contributed by atoms with van der Waals surface area (Å²) in [7, 11) is 0. The molecule has 3 nitrogen and oxygen atoms in total. The molecule has 0 atom stereocenters. The maximum absolute atomic E-state index is 12.6. The lowest BCUT2D eigenvalue weighted by atomic mass is 10.3. The van der Waals surface area contributed by atoms with Crippen molar-refractivity contribution in [1.82, 2.24) is 4.98 Å². The van der Waals surface area contributed by atoms with Crippen LogP contribution in [0.25, 0.3) is 0 Å². The van der Waals surface area contributed by atoms with Crippen molar-refractivity contribution in [2.24, 2.45) is 0 Å². The number of hydrogen-bond acceptors (Lipinski definition) is 3. The molecule has 1 N–H and O–H groups in total.